The number of benzene rings is 1. The number of carboxylic acids is 1. The van der Waals surface area contributed by atoms with E-state index in [-0.39, 0.29) is 18.3 Å². The fraction of sp³-hybridized carbons (Fsp3) is 0.407. The van der Waals surface area contributed by atoms with E-state index in [2.05, 4.69) is 31.7 Å². The van der Waals surface area contributed by atoms with Gasteiger partial charge in [-0.3, -0.25) is 14.7 Å². The Morgan fingerprint density at radius 1 is 1.26 bits per heavy atom. The van der Waals surface area contributed by atoms with E-state index in [0.717, 1.165) is 23.9 Å². The molecule has 182 valence electrons. The van der Waals surface area contributed by atoms with Gasteiger partial charge < -0.3 is 9.84 Å². The van der Waals surface area contributed by atoms with Gasteiger partial charge >= 0.3 is 5.97 Å². The fourth-order valence-corrected chi connectivity index (χ4v) is 4.80. The third kappa shape index (κ3) is 6.52. The Bertz CT molecular complexity index is 1210. The summed E-state index contributed by atoms with van der Waals surface area (Å²) in [6.07, 6.45) is 5.45. The first-order valence-corrected chi connectivity index (χ1v) is 11.8. The second-order valence-electron chi connectivity index (χ2n) is 8.87. The molecule has 2 aromatic heterocycles. The van der Waals surface area contributed by atoms with Crippen molar-refractivity contribution < 1.29 is 19.0 Å². The second-order valence-corrected chi connectivity index (χ2v) is 8.87. The number of alkyl halides is 1. The molecule has 1 aromatic carbocycles. The first kappa shape index (κ1) is 24.6. The first-order valence-electron chi connectivity index (χ1n) is 11.8. The summed E-state index contributed by atoms with van der Waals surface area (Å²) in [4.78, 5) is 26.0. The summed E-state index contributed by atoms with van der Waals surface area (Å²) in [7, 11) is 1.58. The zero-order valence-corrected chi connectivity index (χ0v) is 19.7. The van der Waals surface area contributed by atoms with Crippen molar-refractivity contribution in [3.05, 3.63) is 60.3 Å². The standard InChI is InChI=1S/C27H29FN4O3/c1-35-22-5-7-26-24(16-22)23(9-12-30-26)25(28)6-4-19-10-14-32(17-20(19)15-27(33)34)13-2-3-21-8-11-29-18-31-21/h5,7-9,11-12,16,18-20,25H,4,6,10,13-15,17H2,1H3,(H,33,34)/t19-,20+,25?/m1/s1. The van der Waals surface area contributed by atoms with Gasteiger partial charge in [-0.15, -0.1) is 0 Å². The van der Waals surface area contributed by atoms with Crippen LogP contribution in [0.2, 0.25) is 0 Å². The number of aliphatic carboxylic acids is 1. The molecule has 1 aliphatic rings. The number of nitrogens with zero attached hydrogens (tertiary/aromatic N) is 4. The fourth-order valence-electron chi connectivity index (χ4n) is 4.80. The van der Waals surface area contributed by atoms with Gasteiger partial charge in [-0.25, -0.2) is 14.4 Å². The van der Waals surface area contributed by atoms with Crippen molar-refractivity contribution >= 4 is 16.9 Å². The molecule has 3 atom stereocenters. The van der Waals surface area contributed by atoms with E-state index in [9.17, 15) is 9.90 Å². The molecular formula is C27H29FN4O3. The number of carbonyl (C=O) groups is 1. The first-order chi connectivity index (χ1) is 17.0. The molecule has 1 saturated heterocycles. The quantitative estimate of drug-likeness (QED) is 0.485. The summed E-state index contributed by atoms with van der Waals surface area (Å²) < 4.78 is 20.7. The van der Waals surface area contributed by atoms with Crippen molar-refractivity contribution in [3.63, 3.8) is 0 Å². The summed E-state index contributed by atoms with van der Waals surface area (Å²) in [5.41, 5.74) is 1.99. The number of piperidine rings is 1. The maximum atomic E-state index is 15.4. The van der Waals surface area contributed by atoms with Crippen LogP contribution in [0.4, 0.5) is 4.39 Å². The predicted molar refractivity (Wildman–Crippen MR) is 131 cm³/mol. The Balaban J connectivity index is 1.39. The zero-order valence-electron chi connectivity index (χ0n) is 19.7. The number of methoxy groups -OCH3 is 1. The average Bonchev–Trinajstić information content (AvgIpc) is 2.87. The van der Waals surface area contributed by atoms with E-state index in [4.69, 9.17) is 4.74 Å². The Morgan fingerprint density at radius 3 is 2.91 bits per heavy atom. The molecule has 0 spiro atoms. The molecule has 4 rings (SSSR count). The van der Waals surface area contributed by atoms with Crippen LogP contribution < -0.4 is 4.74 Å². The lowest BCUT2D eigenvalue weighted by molar-refractivity contribution is -0.139. The molecular weight excluding hydrogens is 447 g/mol. The molecule has 1 aliphatic heterocycles. The third-order valence-electron chi connectivity index (χ3n) is 6.62. The second kappa shape index (κ2) is 11.7. The maximum Gasteiger partial charge on any atom is 0.303 e. The number of hydrogen-bond donors (Lipinski definition) is 1. The lowest BCUT2D eigenvalue weighted by atomic mass is 9.79. The van der Waals surface area contributed by atoms with Crippen LogP contribution in [0.3, 0.4) is 0 Å². The van der Waals surface area contributed by atoms with Crippen molar-refractivity contribution in [3.8, 4) is 17.6 Å². The zero-order chi connectivity index (χ0) is 24.6. The van der Waals surface area contributed by atoms with E-state index in [1.807, 2.05) is 18.2 Å². The summed E-state index contributed by atoms with van der Waals surface area (Å²) in [5, 5.41) is 10.2. The summed E-state index contributed by atoms with van der Waals surface area (Å²) in [6, 6.07) is 8.94. The van der Waals surface area contributed by atoms with Crippen LogP contribution in [0, 0.1) is 23.7 Å². The Labute approximate surface area is 204 Å². The van der Waals surface area contributed by atoms with Gasteiger partial charge in [0.05, 0.1) is 19.2 Å². The lowest BCUT2D eigenvalue weighted by Gasteiger charge is -2.37. The number of hydrogen-bond acceptors (Lipinski definition) is 6. The summed E-state index contributed by atoms with van der Waals surface area (Å²) >= 11 is 0. The molecule has 0 amide bonds. The minimum Gasteiger partial charge on any atom is -0.497 e. The van der Waals surface area contributed by atoms with Crippen molar-refractivity contribution in [1.82, 2.24) is 19.9 Å². The predicted octanol–water partition coefficient (Wildman–Crippen LogP) is 4.29. The number of fused-ring (bicyclic) bond motifs is 1. The lowest BCUT2D eigenvalue weighted by Crippen LogP contribution is -2.41. The number of ether oxygens (including phenoxy) is 1. The Kier molecular flexibility index (Phi) is 8.22. The Morgan fingerprint density at radius 2 is 2.14 bits per heavy atom. The number of carboxylic acid groups (broad SMARTS) is 1. The van der Waals surface area contributed by atoms with Gasteiger partial charge in [0.1, 0.15) is 23.9 Å². The highest BCUT2D eigenvalue weighted by molar-refractivity contribution is 5.83. The van der Waals surface area contributed by atoms with Crippen molar-refractivity contribution in [2.45, 2.75) is 31.9 Å². The van der Waals surface area contributed by atoms with Crippen LogP contribution in [0.1, 0.15) is 43.1 Å². The molecule has 1 N–H and O–H groups in total. The molecule has 1 fully saturated rings. The van der Waals surface area contributed by atoms with Crippen LogP contribution in [-0.2, 0) is 4.79 Å². The van der Waals surface area contributed by atoms with Gasteiger partial charge in [-0.1, -0.05) is 5.92 Å². The Hall–Kier alpha value is -3.57. The van der Waals surface area contributed by atoms with Crippen molar-refractivity contribution in [2.24, 2.45) is 11.8 Å². The van der Waals surface area contributed by atoms with Gasteiger partial charge in [0.25, 0.3) is 0 Å². The molecule has 0 bridgehead atoms. The minimum absolute atomic E-state index is 0.0384. The van der Waals surface area contributed by atoms with Crippen LogP contribution in [0.15, 0.2) is 49.1 Å². The number of pyridine rings is 1. The highest BCUT2D eigenvalue weighted by atomic mass is 19.1. The van der Waals surface area contributed by atoms with Crippen LogP contribution in [0.5, 0.6) is 5.75 Å². The molecule has 0 radical (unpaired) electrons. The normalized spacial score (nSPS) is 19.0. The van der Waals surface area contributed by atoms with E-state index >= 15 is 4.39 Å². The highest BCUT2D eigenvalue weighted by Gasteiger charge is 2.31. The third-order valence-corrected chi connectivity index (χ3v) is 6.62. The molecule has 0 aliphatic carbocycles. The summed E-state index contributed by atoms with van der Waals surface area (Å²) in [6.45, 7) is 2.00. The van der Waals surface area contributed by atoms with E-state index in [1.54, 1.807) is 31.6 Å². The van der Waals surface area contributed by atoms with E-state index in [0.29, 0.717) is 42.9 Å². The largest absolute Gasteiger partial charge is 0.497 e. The molecule has 8 heteroatoms. The topological polar surface area (TPSA) is 88.4 Å². The average molecular weight is 477 g/mol. The number of halogens is 1. The number of aromatic nitrogens is 3. The highest BCUT2D eigenvalue weighted by Crippen LogP contribution is 2.36. The molecule has 3 heterocycles. The molecule has 35 heavy (non-hydrogen) atoms. The maximum absolute atomic E-state index is 15.4. The minimum atomic E-state index is -1.16. The number of rotatable bonds is 8. The van der Waals surface area contributed by atoms with E-state index in [1.165, 1.54) is 6.33 Å². The molecule has 1 unspecified atom stereocenters. The SMILES string of the molecule is COc1ccc2nccc(C(F)CC[C@@H]3CCN(CC#Cc4ccncn4)C[C@@H]3CC(=O)O)c2c1. The van der Waals surface area contributed by atoms with Gasteiger partial charge in [0, 0.05) is 30.7 Å². The van der Waals surface area contributed by atoms with Gasteiger partial charge in [0.2, 0.25) is 0 Å². The monoisotopic (exact) mass is 476 g/mol. The van der Waals surface area contributed by atoms with E-state index < -0.39 is 12.1 Å². The van der Waals surface area contributed by atoms with Crippen molar-refractivity contribution in [1.29, 1.82) is 0 Å². The molecule has 0 saturated carbocycles. The van der Waals surface area contributed by atoms with Gasteiger partial charge in [0.15, 0.2) is 0 Å². The molecule has 3 aromatic rings. The number of likely N-dealkylation sites (tertiary alicyclic amines) is 1. The summed E-state index contributed by atoms with van der Waals surface area (Å²) in [5.74, 6) is 6.09. The van der Waals surface area contributed by atoms with Crippen molar-refractivity contribution in [2.75, 3.05) is 26.7 Å². The van der Waals surface area contributed by atoms with Gasteiger partial charge in [-0.05, 0) is 79.5 Å². The molecule has 7 nitrogen and oxygen atoms in total. The van der Waals surface area contributed by atoms with Crippen LogP contribution >= 0.6 is 0 Å². The van der Waals surface area contributed by atoms with Gasteiger partial charge in [-0.2, -0.15) is 0 Å². The smallest absolute Gasteiger partial charge is 0.303 e. The van der Waals surface area contributed by atoms with Crippen LogP contribution in [-0.4, -0.2) is 57.7 Å². The van der Waals surface area contributed by atoms with Crippen LogP contribution in [0.25, 0.3) is 10.9 Å².